The number of thiazole rings is 1. The molecule has 0 aliphatic rings. The van der Waals surface area contributed by atoms with Gasteiger partial charge in [-0.1, -0.05) is 30.3 Å². The first-order valence-electron chi connectivity index (χ1n) is 8.31. The van der Waals surface area contributed by atoms with E-state index in [1.807, 2.05) is 42.8 Å². The van der Waals surface area contributed by atoms with Crippen molar-refractivity contribution in [2.75, 3.05) is 19.6 Å². The fourth-order valence-corrected chi connectivity index (χ4v) is 3.33. The number of nitrogens with zero attached hydrogens (tertiary/aromatic N) is 2. The third kappa shape index (κ3) is 6.07. The number of aromatic amines is 1. The van der Waals surface area contributed by atoms with Gasteiger partial charge in [-0.05, 0) is 25.0 Å². The van der Waals surface area contributed by atoms with Crippen LogP contribution < -0.4 is 5.73 Å². The molecule has 0 saturated heterocycles. The maximum absolute atomic E-state index is 12.8. The van der Waals surface area contributed by atoms with Gasteiger partial charge in [0.25, 0.3) is 5.91 Å². The average Bonchev–Trinajstić information content (AvgIpc) is 3.28. The summed E-state index contributed by atoms with van der Waals surface area (Å²) in [6, 6.07) is 12.0. The van der Waals surface area contributed by atoms with Crippen LogP contribution in [0, 0.1) is 6.92 Å². The van der Waals surface area contributed by atoms with Gasteiger partial charge in [0.2, 0.25) is 0 Å². The van der Waals surface area contributed by atoms with Crippen LogP contribution in [0.5, 0.6) is 0 Å². The van der Waals surface area contributed by atoms with E-state index >= 15 is 0 Å². The molecule has 146 valence electrons. The van der Waals surface area contributed by atoms with Crippen LogP contribution in [0.15, 0.2) is 48.0 Å². The normalized spacial score (nSPS) is 10.0. The molecule has 0 radical (unpaired) electrons. The third-order valence-corrected chi connectivity index (χ3v) is 4.80. The number of hydrogen-bond acceptors (Lipinski definition) is 4. The van der Waals surface area contributed by atoms with Gasteiger partial charge in [0.15, 0.2) is 0 Å². The van der Waals surface area contributed by atoms with Crippen molar-refractivity contribution in [1.82, 2.24) is 14.9 Å². The highest BCUT2D eigenvalue weighted by atomic mass is 35.5. The summed E-state index contributed by atoms with van der Waals surface area (Å²) < 4.78 is 0. The average molecular weight is 427 g/mol. The first-order valence-corrected chi connectivity index (χ1v) is 9.19. The van der Waals surface area contributed by atoms with Crippen LogP contribution in [0.2, 0.25) is 0 Å². The van der Waals surface area contributed by atoms with Gasteiger partial charge in [-0.15, -0.1) is 36.2 Å². The second-order valence-electron chi connectivity index (χ2n) is 5.87. The van der Waals surface area contributed by atoms with E-state index in [1.54, 1.807) is 16.2 Å². The van der Waals surface area contributed by atoms with E-state index in [0.29, 0.717) is 25.3 Å². The number of rotatable bonds is 7. The largest absolute Gasteiger partial charge is 0.357 e. The van der Waals surface area contributed by atoms with Crippen molar-refractivity contribution < 1.29 is 4.79 Å². The zero-order valence-corrected chi connectivity index (χ0v) is 17.5. The Morgan fingerprint density at radius 2 is 1.96 bits per heavy atom. The van der Waals surface area contributed by atoms with E-state index < -0.39 is 0 Å². The van der Waals surface area contributed by atoms with Crippen molar-refractivity contribution >= 4 is 42.1 Å². The molecular formula is C19H24Cl2N4OS. The lowest BCUT2D eigenvalue weighted by molar-refractivity contribution is 0.0757. The highest BCUT2D eigenvalue weighted by molar-refractivity contribution is 7.09. The third-order valence-electron chi connectivity index (χ3n) is 4.03. The molecule has 0 atom stereocenters. The highest BCUT2D eigenvalue weighted by Crippen LogP contribution is 2.22. The zero-order valence-electron chi connectivity index (χ0n) is 15.1. The summed E-state index contributed by atoms with van der Waals surface area (Å²) >= 11 is 1.60. The minimum absolute atomic E-state index is 0. The lowest BCUT2D eigenvalue weighted by Crippen LogP contribution is -2.37. The van der Waals surface area contributed by atoms with E-state index in [-0.39, 0.29) is 30.7 Å². The molecule has 0 saturated carbocycles. The van der Waals surface area contributed by atoms with Crippen LogP contribution >= 0.6 is 36.2 Å². The standard InChI is InChI=1S/C19H22N4OS.2ClH/c1-14-22-18(13-25-14)16-11-17(21-12-16)19(24)23(10-8-20)9-7-15-5-3-2-4-6-15;;/h2-6,11-13,21H,7-10,20H2,1H3;2*1H. The molecule has 0 fully saturated rings. The Hall–Kier alpha value is -1.86. The molecule has 0 spiro atoms. The van der Waals surface area contributed by atoms with E-state index in [1.165, 1.54) is 5.56 Å². The van der Waals surface area contributed by atoms with Gasteiger partial charge in [-0.3, -0.25) is 4.79 Å². The van der Waals surface area contributed by atoms with Crippen molar-refractivity contribution in [2.45, 2.75) is 13.3 Å². The number of nitrogens with two attached hydrogens (primary N) is 1. The second-order valence-corrected chi connectivity index (χ2v) is 6.93. The Morgan fingerprint density at radius 1 is 1.22 bits per heavy atom. The topological polar surface area (TPSA) is 75.0 Å². The fourth-order valence-electron chi connectivity index (χ4n) is 2.71. The van der Waals surface area contributed by atoms with Crippen LogP contribution in [-0.4, -0.2) is 40.4 Å². The molecular weight excluding hydrogens is 403 g/mol. The van der Waals surface area contributed by atoms with Crippen molar-refractivity contribution in [3.63, 3.8) is 0 Å². The summed E-state index contributed by atoms with van der Waals surface area (Å²) in [5.74, 6) is -0.0282. The number of aromatic nitrogens is 2. The molecule has 0 unspecified atom stereocenters. The second kappa shape index (κ2) is 11.1. The molecule has 2 aromatic heterocycles. The summed E-state index contributed by atoms with van der Waals surface area (Å²) in [5, 5.41) is 3.01. The van der Waals surface area contributed by atoms with Gasteiger partial charge >= 0.3 is 0 Å². The highest BCUT2D eigenvalue weighted by Gasteiger charge is 2.17. The minimum Gasteiger partial charge on any atom is -0.357 e. The van der Waals surface area contributed by atoms with Gasteiger partial charge in [-0.25, -0.2) is 4.98 Å². The number of nitrogens with one attached hydrogen (secondary N) is 1. The van der Waals surface area contributed by atoms with Crippen molar-refractivity contribution in [1.29, 1.82) is 0 Å². The number of amides is 1. The Labute approximate surface area is 175 Å². The molecule has 3 rings (SSSR count). The van der Waals surface area contributed by atoms with E-state index in [2.05, 4.69) is 22.1 Å². The Balaban J connectivity index is 0.00000182. The molecule has 2 heterocycles. The lowest BCUT2D eigenvalue weighted by Gasteiger charge is -2.21. The quantitative estimate of drug-likeness (QED) is 0.600. The predicted octanol–water partition coefficient (Wildman–Crippen LogP) is 3.93. The van der Waals surface area contributed by atoms with Crippen molar-refractivity contribution in [2.24, 2.45) is 5.73 Å². The smallest absolute Gasteiger partial charge is 0.270 e. The summed E-state index contributed by atoms with van der Waals surface area (Å²) in [4.78, 5) is 22.2. The van der Waals surface area contributed by atoms with Gasteiger partial charge in [0, 0.05) is 36.8 Å². The number of H-pyrrole nitrogens is 1. The van der Waals surface area contributed by atoms with E-state index in [0.717, 1.165) is 22.7 Å². The molecule has 0 bridgehead atoms. The van der Waals surface area contributed by atoms with E-state index in [9.17, 15) is 4.79 Å². The molecule has 0 aliphatic carbocycles. The van der Waals surface area contributed by atoms with Crippen LogP contribution in [0.1, 0.15) is 21.1 Å². The summed E-state index contributed by atoms with van der Waals surface area (Å²) in [5.41, 5.74) is 9.31. The first kappa shape index (κ1) is 23.2. The van der Waals surface area contributed by atoms with Gasteiger partial charge < -0.3 is 15.6 Å². The SMILES string of the molecule is Cc1nc(-c2c[nH]c(C(=O)N(CCN)CCc3ccccc3)c2)cs1.Cl.Cl. The molecule has 8 heteroatoms. The maximum atomic E-state index is 12.8. The number of carbonyl (C=O) groups excluding carboxylic acids is 1. The lowest BCUT2D eigenvalue weighted by atomic mass is 10.1. The summed E-state index contributed by atoms with van der Waals surface area (Å²) in [6.45, 7) is 3.60. The van der Waals surface area contributed by atoms with Crippen molar-refractivity contribution in [3.05, 3.63) is 64.2 Å². The van der Waals surface area contributed by atoms with Crippen LogP contribution in [0.4, 0.5) is 0 Å². The monoisotopic (exact) mass is 426 g/mol. The number of carbonyl (C=O) groups is 1. The predicted molar refractivity (Wildman–Crippen MR) is 116 cm³/mol. The van der Waals surface area contributed by atoms with Crippen LogP contribution in [0.25, 0.3) is 11.3 Å². The van der Waals surface area contributed by atoms with Gasteiger partial charge in [0.05, 0.1) is 10.7 Å². The Kier molecular flexibility index (Phi) is 9.52. The molecule has 3 aromatic rings. The minimum atomic E-state index is -0.0282. The molecule has 27 heavy (non-hydrogen) atoms. The number of aryl methyl sites for hydroxylation is 1. The molecule has 5 nitrogen and oxygen atoms in total. The first-order chi connectivity index (χ1) is 12.2. The zero-order chi connectivity index (χ0) is 17.6. The van der Waals surface area contributed by atoms with Crippen LogP contribution in [0.3, 0.4) is 0 Å². The number of hydrogen-bond donors (Lipinski definition) is 2. The Morgan fingerprint density at radius 3 is 2.59 bits per heavy atom. The number of benzene rings is 1. The molecule has 3 N–H and O–H groups in total. The Bertz CT molecular complexity index is 835. The van der Waals surface area contributed by atoms with Gasteiger partial charge in [0.1, 0.15) is 5.69 Å². The summed E-state index contributed by atoms with van der Waals surface area (Å²) in [7, 11) is 0. The van der Waals surface area contributed by atoms with Crippen LogP contribution in [-0.2, 0) is 6.42 Å². The maximum Gasteiger partial charge on any atom is 0.270 e. The van der Waals surface area contributed by atoms with E-state index in [4.69, 9.17) is 5.73 Å². The molecule has 0 aliphatic heterocycles. The summed E-state index contributed by atoms with van der Waals surface area (Å²) in [6.07, 6.45) is 2.64. The van der Waals surface area contributed by atoms with Crippen molar-refractivity contribution in [3.8, 4) is 11.3 Å². The molecule has 1 amide bonds. The molecule has 1 aromatic carbocycles. The number of halogens is 2. The fraction of sp³-hybridized carbons (Fsp3) is 0.263. The van der Waals surface area contributed by atoms with Gasteiger partial charge in [-0.2, -0.15) is 0 Å².